The van der Waals surface area contributed by atoms with Crippen molar-refractivity contribution in [1.82, 2.24) is 20.0 Å². The summed E-state index contributed by atoms with van der Waals surface area (Å²) in [5.41, 5.74) is 3.56. The van der Waals surface area contributed by atoms with Crippen LogP contribution in [0.5, 0.6) is 5.75 Å². The number of hydrogen-bond donors (Lipinski definition) is 1. The molecule has 2 aromatic rings. The van der Waals surface area contributed by atoms with E-state index in [0.29, 0.717) is 19.8 Å². The maximum absolute atomic E-state index is 12.7. The van der Waals surface area contributed by atoms with Crippen LogP contribution in [0.15, 0.2) is 24.3 Å². The Bertz CT molecular complexity index is 895. The first kappa shape index (κ1) is 20.7. The number of hydrogen-bond acceptors (Lipinski definition) is 6. The predicted octanol–water partition coefficient (Wildman–Crippen LogP) is 1.75. The number of amides is 2. The number of nitrogens with zero attached hydrogens (tertiary/aromatic N) is 3. The van der Waals surface area contributed by atoms with Crippen LogP contribution in [0.3, 0.4) is 0 Å². The molecule has 1 aromatic carbocycles. The average molecular weight is 402 g/mol. The topological polar surface area (TPSA) is 94.9 Å². The van der Waals surface area contributed by atoms with Gasteiger partial charge in [0.25, 0.3) is 0 Å². The van der Waals surface area contributed by atoms with Gasteiger partial charge in [-0.2, -0.15) is 5.10 Å². The molecule has 0 bridgehead atoms. The SMILES string of the molecule is COC(=O)NCC(=O)N1CCOC[C@@H]1c1c(C)nn(-c2cccc(OC)c2)c1C. The maximum Gasteiger partial charge on any atom is 0.407 e. The van der Waals surface area contributed by atoms with Crippen LogP contribution in [0.4, 0.5) is 4.79 Å². The van der Waals surface area contributed by atoms with Gasteiger partial charge >= 0.3 is 6.09 Å². The van der Waals surface area contributed by atoms with Crippen molar-refractivity contribution in [2.75, 3.05) is 40.5 Å². The third-order valence-electron chi connectivity index (χ3n) is 5.00. The van der Waals surface area contributed by atoms with Crippen molar-refractivity contribution >= 4 is 12.0 Å². The van der Waals surface area contributed by atoms with Crippen molar-refractivity contribution in [3.63, 3.8) is 0 Å². The van der Waals surface area contributed by atoms with E-state index in [1.54, 1.807) is 12.0 Å². The van der Waals surface area contributed by atoms with Gasteiger partial charge in [-0.25, -0.2) is 9.48 Å². The lowest BCUT2D eigenvalue weighted by Crippen LogP contribution is -2.47. The van der Waals surface area contributed by atoms with E-state index in [9.17, 15) is 9.59 Å². The standard InChI is InChI=1S/C20H26N4O5/c1-13-19(14(2)24(22-13)15-6-5-7-16(10-15)27-3)17-12-29-9-8-23(17)18(25)11-21-20(26)28-4/h5-7,10,17H,8-9,11-12H2,1-4H3,(H,21,26)/t17-/m1/s1. The van der Waals surface area contributed by atoms with Crippen molar-refractivity contribution in [1.29, 1.82) is 0 Å². The van der Waals surface area contributed by atoms with Crippen LogP contribution in [0, 0.1) is 13.8 Å². The van der Waals surface area contributed by atoms with Crippen LogP contribution in [-0.4, -0.2) is 67.2 Å². The molecule has 3 rings (SSSR count). The molecule has 0 unspecified atom stereocenters. The fraction of sp³-hybridized carbons (Fsp3) is 0.450. The van der Waals surface area contributed by atoms with Crippen molar-refractivity contribution < 1.29 is 23.8 Å². The van der Waals surface area contributed by atoms with Crippen molar-refractivity contribution in [2.45, 2.75) is 19.9 Å². The minimum Gasteiger partial charge on any atom is -0.497 e. The Morgan fingerprint density at radius 3 is 2.83 bits per heavy atom. The van der Waals surface area contributed by atoms with E-state index < -0.39 is 6.09 Å². The Labute approximate surface area is 169 Å². The molecule has 1 N–H and O–H groups in total. The Morgan fingerprint density at radius 2 is 2.10 bits per heavy atom. The van der Waals surface area contributed by atoms with Gasteiger partial charge in [-0.3, -0.25) is 4.79 Å². The van der Waals surface area contributed by atoms with E-state index in [1.165, 1.54) is 7.11 Å². The van der Waals surface area contributed by atoms with E-state index in [2.05, 4.69) is 10.1 Å². The number of morpholine rings is 1. The zero-order valence-corrected chi connectivity index (χ0v) is 17.1. The Balaban J connectivity index is 1.90. The highest BCUT2D eigenvalue weighted by molar-refractivity contribution is 5.82. The summed E-state index contributed by atoms with van der Waals surface area (Å²) in [4.78, 5) is 25.8. The van der Waals surface area contributed by atoms with Gasteiger partial charge in [0.2, 0.25) is 5.91 Å². The van der Waals surface area contributed by atoms with Gasteiger partial charge in [0, 0.05) is 23.9 Å². The van der Waals surface area contributed by atoms with Crippen molar-refractivity contribution in [2.24, 2.45) is 0 Å². The Hall–Kier alpha value is -3.07. The number of rotatable bonds is 5. The molecule has 1 aliphatic heterocycles. The van der Waals surface area contributed by atoms with E-state index >= 15 is 0 Å². The van der Waals surface area contributed by atoms with Gasteiger partial charge in [0.15, 0.2) is 0 Å². The first-order chi connectivity index (χ1) is 14.0. The van der Waals surface area contributed by atoms with E-state index in [-0.39, 0.29) is 18.5 Å². The van der Waals surface area contributed by atoms with E-state index in [4.69, 9.17) is 14.6 Å². The zero-order valence-electron chi connectivity index (χ0n) is 17.1. The number of carbonyl (C=O) groups is 2. The molecule has 1 aromatic heterocycles. The molecule has 1 atom stereocenters. The van der Waals surface area contributed by atoms with Gasteiger partial charge in [-0.15, -0.1) is 0 Å². The first-order valence-electron chi connectivity index (χ1n) is 9.35. The lowest BCUT2D eigenvalue weighted by molar-refractivity contribution is -0.139. The van der Waals surface area contributed by atoms with Gasteiger partial charge in [-0.1, -0.05) is 6.07 Å². The van der Waals surface area contributed by atoms with Crippen LogP contribution < -0.4 is 10.1 Å². The number of ether oxygens (including phenoxy) is 3. The average Bonchev–Trinajstić information content (AvgIpc) is 3.05. The zero-order chi connectivity index (χ0) is 21.0. The minimum atomic E-state index is -0.638. The number of benzene rings is 1. The Kier molecular flexibility index (Phi) is 6.38. The van der Waals surface area contributed by atoms with Crippen LogP contribution in [0.1, 0.15) is 23.0 Å². The predicted molar refractivity (Wildman–Crippen MR) is 105 cm³/mol. The van der Waals surface area contributed by atoms with Crippen LogP contribution >= 0.6 is 0 Å². The minimum absolute atomic E-state index is 0.134. The molecular formula is C20H26N4O5. The van der Waals surface area contributed by atoms with E-state index in [0.717, 1.165) is 28.4 Å². The third-order valence-corrected chi connectivity index (χ3v) is 5.00. The van der Waals surface area contributed by atoms with Gasteiger partial charge in [-0.05, 0) is 26.0 Å². The number of nitrogens with one attached hydrogen (secondary N) is 1. The highest BCUT2D eigenvalue weighted by Gasteiger charge is 2.33. The summed E-state index contributed by atoms with van der Waals surface area (Å²) in [7, 11) is 2.88. The molecule has 29 heavy (non-hydrogen) atoms. The quantitative estimate of drug-likeness (QED) is 0.819. The molecule has 1 saturated heterocycles. The fourth-order valence-electron chi connectivity index (χ4n) is 3.59. The first-order valence-corrected chi connectivity index (χ1v) is 9.35. The normalized spacial score (nSPS) is 16.4. The molecule has 2 amide bonds. The summed E-state index contributed by atoms with van der Waals surface area (Å²) in [6, 6.07) is 7.35. The molecule has 9 nitrogen and oxygen atoms in total. The molecule has 2 heterocycles. The Morgan fingerprint density at radius 1 is 1.31 bits per heavy atom. The highest BCUT2D eigenvalue weighted by atomic mass is 16.5. The summed E-state index contributed by atoms with van der Waals surface area (Å²) in [6.07, 6.45) is -0.638. The summed E-state index contributed by atoms with van der Waals surface area (Å²) >= 11 is 0. The second kappa shape index (κ2) is 8.95. The number of aromatic nitrogens is 2. The number of alkyl carbamates (subject to hydrolysis) is 1. The van der Waals surface area contributed by atoms with Crippen LogP contribution in [-0.2, 0) is 14.3 Å². The molecule has 1 aliphatic rings. The van der Waals surface area contributed by atoms with Gasteiger partial charge < -0.3 is 24.4 Å². The van der Waals surface area contributed by atoms with Crippen LogP contribution in [0.2, 0.25) is 0 Å². The molecule has 9 heteroatoms. The lowest BCUT2D eigenvalue weighted by Gasteiger charge is -2.36. The van der Waals surface area contributed by atoms with Gasteiger partial charge in [0.05, 0.1) is 44.9 Å². The van der Waals surface area contributed by atoms with Crippen LogP contribution in [0.25, 0.3) is 5.69 Å². The maximum atomic E-state index is 12.7. The summed E-state index contributed by atoms with van der Waals surface area (Å²) in [5.74, 6) is 0.542. The summed E-state index contributed by atoms with van der Waals surface area (Å²) in [6.45, 7) is 5.01. The molecule has 0 saturated carbocycles. The molecule has 1 fully saturated rings. The van der Waals surface area contributed by atoms with Crippen molar-refractivity contribution in [3.05, 3.63) is 41.2 Å². The smallest absolute Gasteiger partial charge is 0.407 e. The number of methoxy groups -OCH3 is 2. The molecule has 156 valence electrons. The van der Waals surface area contributed by atoms with Gasteiger partial charge in [0.1, 0.15) is 12.3 Å². The molecular weight excluding hydrogens is 376 g/mol. The molecule has 0 aliphatic carbocycles. The second-order valence-electron chi connectivity index (χ2n) is 6.72. The largest absolute Gasteiger partial charge is 0.497 e. The van der Waals surface area contributed by atoms with E-state index in [1.807, 2.05) is 42.8 Å². The fourth-order valence-corrected chi connectivity index (χ4v) is 3.59. The molecule has 0 radical (unpaired) electrons. The second-order valence-corrected chi connectivity index (χ2v) is 6.72. The summed E-state index contributed by atoms with van der Waals surface area (Å²) in [5, 5.41) is 7.14. The monoisotopic (exact) mass is 402 g/mol. The number of carbonyl (C=O) groups excluding carboxylic acids is 2. The third kappa shape index (κ3) is 4.34. The lowest BCUT2D eigenvalue weighted by atomic mass is 10.0. The van der Waals surface area contributed by atoms with Crippen molar-refractivity contribution in [3.8, 4) is 11.4 Å². The molecule has 0 spiro atoms. The summed E-state index contributed by atoms with van der Waals surface area (Å²) < 4.78 is 17.4. The number of aryl methyl sites for hydroxylation is 1. The highest BCUT2D eigenvalue weighted by Crippen LogP contribution is 2.31.